The minimum absolute atomic E-state index is 0.0924. The molecular formula is C12H15NO6. The summed E-state index contributed by atoms with van der Waals surface area (Å²) in [5.74, 6) is -2.57. The first-order valence-electron chi connectivity index (χ1n) is 5.50. The standard InChI is InChI=1S/C12H15NO6/c1-7(9-4-8(14)2-3-10(9)15)13(5-11(16)17)6-12(18)19/h2-4,7,14-15H,5-6H2,1H3,(H,16,17)(H,18,19). The van der Waals surface area contributed by atoms with Crippen molar-refractivity contribution in [3.05, 3.63) is 23.8 Å². The summed E-state index contributed by atoms with van der Waals surface area (Å²) < 4.78 is 0. The Hall–Kier alpha value is -2.28. The molecule has 1 rings (SSSR count). The van der Waals surface area contributed by atoms with E-state index in [1.54, 1.807) is 6.92 Å². The smallest absolute Gasteiger partial charge is 0.317 e. The van der Waals surface area contributed by atoms with Crippen LogP contribution in [0.2, 0.25) is 0 Å². The molecule has 0 heterocycles. The summed E-state index contributed by atoms with van der Waals surface area (Å²) >= 11 is 0. The summed E-state index contributed by atoms with van der Waals surface area (Å²) in [6, 6.07) is 3.15. The molecule has 0 radical (unpaired) electrons. The van der Waals surface area contributed by atoms with Crippen LogP contribution in [0, 0.1) is 0 Å². The van der Waals surface area contributed by atoms with Gasteiger partial charge in [0.15, 0.2) is 0 Å². The van der Waals surface area contributed by atoms with E-state index in [1.807, 2.05) is 0 Å². The van der Waals surface area contributed by atoms with Gasteiger partial charge in [0, 0.05) is 11.6 Å². The van der Waals surface area contributed by atoms with Gasteiger partial charge in [0.25, 0.3) is 0 Å². The maximum absolute atomic E-state index is 10.7. The molecule has 0 aromatic heterocycles. The van der Waals surface area contributed by atoms with E-state index in [0.29, 0.717) is 0 Å². The zero-order valence-corrected chi connectivity index (χ0v) is 10.3. The number of hydrogen-bond donors (Lipinski definition) is 4. The molecule has 0 bridgehead atoms. The quantitative estimate of drug-likeness (QED) is 0.559. The Bertz CT molecular complexity index is 471. The lowest BCUT2D eigenvalue weighted by molar-refractivity contribution is -0.142. The molecule has 0 saturated heterocycles. The highest BCUT2D eigenvalue weighted by atomic mass is 16.4. The molecule has 0 saturated carbocycles. The van der Waals surface area contributed by atoms with Crippen molar-refractivity contribution in [1.29, 1.82) is 0 Å². The third-order valence-electron chi connectivity index (χ3n) is 2.69. The highest BCUT2D eigenvalue weighted by Gasteiger charge is 2.23. The molecule has 104 valence electrons. The van der Waals surface area contributed by atoms with Gasteiger partial charge in [-0.3, -0.25) is 14.5 Å². The molecule has 1 atom stereocenters. The lowest BCUT2D eigenvalue weighted by atomic mass is 10.1. The van der Waals surface area contributed by atoms with Crippen molar-refractivity contribution in [2.24, 2.45) is 0 Å². The van der Waals surface area contributed by atoms with Crippen molar-refractivity contribution < 1.29 is 30.0 Å². The van der Waals surface area contributed by atoms with E-state index in [4.69, 9.17) is 10.2 Å². The molecule has 0 amide bonds. The molecule has 0 fully saturated rings. The van der Waals surface area contributed by atoms with Crippen LogP contribution in [0.15, 0.2) is 18.2 Å². The second-order valence-electron chi connectivity index (χ2n) is 4.11. The van der Waals surface area contributed by atoms with Gasteiger partial charge >= 0.3 is 11.9 Å². The van der Waals surface area contributed by atoms with Crippen LogP contribution in [-0.4, -0.2) is 50.4 Å². The van der Waals surface area contributed by atoms with Crippen molar-refractivity contribution in [3.63, 3.8) is 0 Å². The largest absolute Gasteiger partial charge is 0.508 e. The molecule has 7 heteroatoms. The second-order valence-corrected chi connectivity index (χ2v) is 4.11. The number of phenols is 2. The number of phenolic OH excluding ortho intramolecular Hbond substituents is 2. The van der Waals surface area contributed by atoms with Gasteiger partial charge in [-0.1, -0.05) is 0 Å². The number of aromatic hydroxyl groups is 2. The Kier molecular flexibility index (Phi) is 4.71. The molecule has 1 aromatic carbocycles. The van der Waals surface area contributed by atoms with E-state index in [1.165, 1.54) is 23.1 Å². The predicted octanol–water partition coefficient (Wildman–Crippen LogP) is 0.630. The second kappa shape index (κ2) is 6.05. The highest BCUT2D eigenvalue weighted by Crippen LogP contribution is 2.31. The van der Waals surface area contributed by atoms with E-state index in [0.717, 1.165) is 0 Å². The molecule has 0 spiro atoms. The molecule has 7 nitrogen and oxygen atoms in total. The Morgan fingerprint density at radius 2 is 1.68 bits per heavy atom. The van der Waals surface area contributed by atoms with Gasteiger partial charge in [-0.2, -0.15) is 0 Å². The van der Waals surface area contributed by atoms with Crippen molar-refractivity contribution >= 4 is 11.9 Å². The first-order chi connectivity index (χ1) is 8.81. The topological polar surface area (TPSA) is 118 Å². The average molecular weight is 269 g/mol. The number of carboxylic acid groups (broad SMARTS) is 2. The van der Waals surface area contributed by atoms with Crippen molar-refractivity contribution in [3.8, 4) is 11.5 Å². The Balaban J connectivity index is 3.03. The predicted molar refractivity (Wildman–Crippen MR) is 65.0 cm³/mol. The summed E-state index contributed by atoms with van der Waals surface area (Å²) in [4.78, 5) is 22.6. The van der Waals surface area contributed by atoms with Gasteiger partial charge in [-0.25, -0.2) is 0 Å². The SMILES string of the molecule is CC(c1cc(O)ccc1O)N(CC(=O)O)CC(=O)O. The number of nitrogens with zero attached hydrogens (tertiary/aromatic N) is 1. The average Bonchev–Trinajstić information content (AvgIpc) is 2.29. The van der Waals surface area contributed by atoms with Crippen LogP contribution in [0.3, 0.4) is 0 Å². The minimum atomic E-state index is -1.17. The Morgan fingerprint density at radius 3 is 2.16 bits per heavy atom. The summed E-state index contributed by atoms with van der Waals surface area (Å²) in [5.41, 5.74) is 0.266. The van der Waals surface area contributed by atoms with Crippen LogP contribution >= 0.6 is 0 Å². The molecule has 0 aliphatic rings. The molecule has 1 aromatic rings. The normalized spacial score (nSPS) is 12.3. The van der Waals surface area contributed by atoms with E-state index in [-0.39, 0.29) is 17.1 Å². The molecule has 19 heavy (non-hydrogen) atoms. The van der Waals surface area contributed by atoms with E-state index in [2.05, 4.69) is 0 Å². The fourth-order valence-electron chi connectivity index (χ4n) is 1.75. The number of carbonyl (C=O) groups is 2. The third kappa shape index (κ3) is 4.14. The zero-order valence-electron chi connectivity index (χ0n) is 10.3. The minimum Gasteiger partial charge on any atom is -0.508 e. The maximum Gasteiger partial charge on any atom is 0.317 e. The third-order valence-corrected chi connectivity index (χ3v) is 2.69. The van der Waals surface area contributed by atoms with Crippen LogP contribution < -0.4 is 0 Å². The number of benzene rings is 1. The van der Waals surface area contributed by atoms with Gasteiger partial charge in [0.05, 0.1) is 13.1 Å². The van der Waals surface area contributed by atoms with Crippen molar-refractivity contribution in [2.45, 2.75) is 13.0 Å². The Morgan fingerprint density at radius 1 is 1.16 bits per heavy atom. The lowest BCUT2D eigenvalue weighted by Crippen LogP contribution is -2.36. The lowest BCUT2D eigenvalue weighted by Gasteiger charge is -2.26. The van der Waals surface area contributed by atoms with Crippen LogP contribution in [-0.2, 0) is 9.59 Å². The van der Waals surface area contributed by atoms with Crippen molar-refractivity contribution in [2.75, 3.05) is 13.1 Å². The molecule has 0 aliphatic carbocycles. The van der Waals surface area contributed by atoms with Gasteiger partial charge in [0.1, 0.15) is 11.5 Å². The summed E-state index contributed by atoms with van der Waals surface area (Å²) in [7, 11) is 0. The fourth-order valence-corrected chi connectivity index (χ4v) is 1.75. The highest BCUT2D eigenvalue weighted by molar-refractivity contribution is 5.72. The monoisotopic (exact) mass is 269 g/mol. The Labute approximate surface area is 109 Å². The maximum atomic E-state index is 10.7. The van der Waals surface area contributed by atoms with Crippen LogP contribution in [0.4, 0.5) is 0 Å². The zero-order chi connectivity index (χ0) is 14.6. The fraction of sp³-hybridized carbons (Fsp3) is 0.333. The van der Waals surface area contributed by atoms with Crippen LogP contribution in [0.5, 0.6) is 11.5 Å². The number of aliphatic carboxylic acids is 2. The van der Waals surface area contributed by atoms with E-state index in [9.17, 15) is 19.8 Å². The first kappa shape index (κ1) is 14.8. The van der Waals surface area contributed by atoms with Crippen LogP contribution in [0.25, 0.3) is 0 Å². The number of carboxylic acids is 2. The molecule has 4 N–H and O–H groups in total. The van der Waals surface area contributed by atoms with Gasteiger partial charge in [0.2, 0.25) is 0 Å². The molecule has 1 unspecified atom stereocenters. The summed E-state index contributed by atoms with van der Waals surface area (Å²) in [6.45, 7) is 0.589. The summed E-state index contributed by atoms with van der Waals surface area (Å²) in [5, 5.41) is 36.6. The van der Waals surface area contributed by atoms with E-state index >= 15 is 0 Å². The van der Waals surface area contributed by atoms with Gasteiger partial charge in [-0.15, -0.1) is 0 Å². The number of hydrogen-bond acceptors (Lipinski definition) is 5. The van der Waals surface area contributed by atoms with Crippen LogP contribution in [0.1, 0.15) is 18.5 Å². The number of rotatable bonds is 6. The van der Waals surface area contributed by atoms with Gasteiger partial charge < -0.3 is 20.4 Å². The van der Waals surface area contributed by atoms with Gasteiger partial charge in [-0.05, 0) is 25.1 Å². The molecule has 0 aliphatic heterocycles. The van der Waals surface area contributed by atoms with E-state index < -0.39 is 31.1 Å². The summed E-state index contributed by atoms with van der Waals surface area (Å²) in [6.07, 6.45) is 0. The first-order valence-corrected chi connectivity index (χ1v) is 5.50. The van der Waals surface area contributed by atoms with Crippen molar-refractivity contribution in [1.82, 2.24) is 4.90 Å². The molecular weight excluding hydrogens is 254 g/mol.